The van der Waals surface area contributed by atoms with Gasteiger partial charge < -0.3 is 24.4 Å². The molecule has 3 amide bonds. The molecule has 0 aliphatic carbocycles. The van der Waals surface area contributed by atoms with Crippen LogP contribution in [0.3, 0.4) is 0 Å². The summed E-state index contributed by atoms with van der Waals surface area (Å²) in [5, 5.41) is 24.7. The number of rotatable bonds is 10. The molecule has 0 aromatic heterocycles. The van der Waals surface area contributed by atoms with E-state index in [0.717, 1.165) is 28.8 Å². The number of morpholine rings is 1. The zero-order chi connectivity index (χ0) is 32.1. The van der Waals surface area contributed by atoms with E-state index in [1.165, 1.54) is 31.4 Å². The minimum absolute atomic E-state index is 0.0636. The van der Waals surface area contributed by atoms with E-state index in [2.05, 4.69) is 10.2 Å². The Bertz CT molecular complexity index is 1720. The van der Waals surface area contributed by atoms with Crippen molar-refractivity contribution in [3.63, 3.8) is 0 Å². The van der Waals surface area contributed by atoms with Gasteiger partial charge in [-0.05, 0) is 53.7 Å². The van der Waals surface area contributed by atoms with Crippen molar-refractivity contribution < 1.29 is 38.4 Å². The van der Waals surface area contributed by atoms with Crippen LogP contribution in [0.15, 0.2) is 65.6 Å². The molecule has 3 aromatic carbocycles. The number of imide groups is 1. The molecule has 15 nitrogen and oxygen atoms in total. The van der Waals surface area contributed by atoms with Gasteiger partial charge in [0.15, 0.2) is 11.5 Å². The lowest BCUT2D eigenvalue weighted by Crippen LogP contribution is -2.38. The first kappa shape index (κ1) is 31.0. The zero-order valence-electron chi connectivity index (χ0n) is 23.7. The van der Waals surface area contributed by atoms with Gasteiger partial charge in [-0.3, -0.25) is 39.5 Å². The summed E-state index contributed by atoms with van der Waals surface area (Å²) in [5.74, 6) is -1.24. The highest BCUT2D eigenvalue weighted by molar-refractivity contribution is 8.18. The molecule has 2 fully saturated rings. The van der Waals surface area contributed by atoms with Crippen LogP contribution in [0, 0.1) is 20.2 Å². The maximum absolute atomic E-state index is 13.1. The minimum Gasteiger partial charge on any atom is -0.493 e. The molecule has 0 atom stereocenters. The number of hydrogen-bond donors (Lipinski definition) is 1. The van der Waals surface area contributed by atoms with E-state index in [1.807, 2.05) is 12.1 Å². The Labute approximate surface area is 259 Å². The van der Waals surface area contributed by atoms with E-state index in [0.29, 0.717) is 49.3 Å². The lowest BCUT2D eigenvalue weighted by molar-refractivity contribution is -0.394. The van der Waals surface area contributed by atoms with Crippen molar-refractivity contribution in [2.45, 2.75) is 0 Å². The van der Waals surface area contributed by atoms with Crippen molar-refractivity contribution in [3.05, 3.63) is 91.4 Å². The molecular formula is C29H25N5O10S. The van der Waals surface area contributed by atoms with Crippen LogP contribution in [0.1, 0.15) is 5.56 Å². The molecule has 45 heavy (non-hydrogen) atoms. The number of ether oxygens (including phenoxy) is 3. The van der Waals surface area contributed by atoms with Gasteiger partial charge in [0.25, 0.3) is 16.8 Å². The number of carbonyl (C=O) groups excluding carboxylic acids is 3. The SMILES string of the molecule is COc1cc(/C=C2/SC(=O)N(CC(=O)Nc3ccccc3N3CCOCC3)C2=O)ccc1Oc1ccc([N+](=O)[O-])cc1[N+](=O)[O-]. The predicted molar refractivity (Wildman–Crippen MR) is 164 cm³/mol. The second kappa shape index (κ2) is 13.4. The molecule has 0 saturated carbocycles. The van der Waals surface area contributed by atoms with Crippen LogP contribution in [-0.4, -0.2) is 71.8 Å². The molecule has 5 rings (SSSR count). The number of nitro benzene ring substituents is 2. The van der Waals surface area contributed by atoms with Gasteiger partial charge in [-0.15, -0.1) is 0 Å². The minimum atomic E-state index is -0.803. The molecular weight excluding hydrogens is 610 g/mol. The lowest BCUT2D eigenvalue weighted by atomic mass is 10.1. The standard InChI is InChI=1S/C29H25N5O10S/c1-42-25-14-18(6-8-24(25)44-23-9-7-19(33(38)39)16-22(23)34(40)41)15-26-28(36)32(29(37)45-26)17-27(35)30-20-4-2-3-5-21(20)31-10-12-43-13-11-31/h2-9,14-16H,10-13,17H2,1H3,(H,30,35)/b26-15+. The Balaban J connectivity index is 1.29. The van der Waals surface area contributed by atoms with Crippen LogP contribution in [0.4, 0.5) is 27.5 Å². The first-order valence-electron chi connectivity index (χ1n) is 13.4. The highest BCUT2D eigenvalue weighted by atomic mass is 32.2. The zero-order valence-corrected chi connectivity index (χ0v) is 24.5. The highest BCUT2D eigenvalue weighted by Crippen LogP contribution is 2.39. The number of anilines is 2. The number of benzene rings is 3. The third kappa shape index (κ3) is 7.02. The Morgan fingerprint density at radius 2 is 1.73 bits per heavy atom. The van der Waals surface area contributed by atoms with Crippen molar-refractivity contribution in [2.75, 3.05) is 50.2 Å². The fourth-order valence-corrected chi connectivity index (χ4v) is 5.44. The van der Waals surface area contributed by atoms with Crippen molar-refractivity contribution in [1.29, 1.82) is 0 Å². The number of nitro groups is 2. The first-order valence-corrected chi connectivity index (χ1v) is 14.2. The van der Waals surface area contributed by atoms with Gasteiger partial charge in [0.1, 0.15) is 6.54 Å². The normalized spacial score (nSPS) is 15.7. The van der Waals surface area contributed by atoms with Crippen LogP contribution in [0.5, 0.6) is 17.2 Å². The van der Waals surface area contributed by atoms with E-state index < -0.39 is 44.8 Å². The van der Waals surface area contributed by atoms with Crippen molar-refractivity contribution in [3.8, 4) is 17.2 Å². The summed E-state index contributed by atoms with van der Waals surface area (Å²) < 4.78 is 16.4. The maximum Gasteiger partial charge on any atom is 0.318 e. The number of hydrogen-bond acceptors (Lipinski definition) is 12. The van der Waals surface area contributed by atoms with E-state index in [-0.39, 0.29) is 22.2 Å². The molecule has 0 radical (unpaired) electrons. The van der Waals surface area contributed by atoms with Crippen molar-refractivity contribution >= 4 is 57.6 Å². The fourth-order valence-electron chi connectivity index (χ4n) is 4.61. The molecule has 0 unspecified atom stereocenters. The molecule has 2 aliphatic rings. The number of para-hydroxylation sites is 2. The third-order valence-electron chi connectivity index (χ3n) is 6.76. The molecule has 0 bridgehead atoms. The monoisotopic (exact) mass is 635 g/mol. The maximum atomic E-state index is 13.1. The first-order chi connectivity index (χ1) is 21.6. The van der Waals surface area contributed by atoms with Crippen molar-refractivity contribution in [1.82, 2.24) is 4.90 Å². The second-order valence-corrected chi connectivity index (χ2v) is 10.6. The molecule has 16 heteroatoms. The number of amides is 3. The molecule has 2 saturated heterocycles. The largest absolute Gasteiger partial charge is 0.493 e. The van der Waals surface area contributed by atoms with Crippen LogP contribution >= 0.6 is 11.8 Å². The van der Waals surface area contributed by atoms with E-state index in [4.69, 9.17) is 14.2 Å². The fraction of sp³-hybridized carbons (Fsp3) is 0.207. The summed E-state index contributed by atoms with van der Waals surface area (Å²) in [4.78, 5) is 62.7. The van der Waals surface area contributed by atoms with Gasteiger partial charge in [0.2, 0.25) is 11.7 Å². The average Bonchev–Trinajstić information content (AvgIpc) is 3.29. The van der Waals surface area contributed by atoms with Crippen LogP contribution in [-0.2, 0) is 14.3 Å². The van der Waals surface area contributed by atoms with Crippen LogP contribution in [0.2, 0.25) is 0 Å². The Kier molecular flexibility index (Phi) is 9.25. The summed E-state index contributed by atoms with van der Waals surface area (Å²) in [6, 6.07) is 14.7. The Morgan fingerprint density at radius 3 is 2.44 bits per heavy atom. The smallest absolute Gasteiger partial charge is 0.318 e. The number of methoxy groups -OCH3 is 1. The summed E-state index contributed by atoms with van der Waals surface area (Å²) in [7, 11) is 1.33. The van der Waals surface area contributed by atoms with Crippen molar-refractivity contribution in [2.24, 2.45) is 0 Å². The molecule has 2 heterocycles. The van der Waals surface area contributed by atoms with Gasteiger partial charge in [-0.25, -0.2) is 0 Å². The molecule has 1 N–H and O–H groups in total. The Morgan fingerprint density at radius 1 is 1.00 bits per heavy atom. The molecule has 3 aromatic rings. The number of thioether (sulfide) groups is 1. The lowest BCUT2D eigenvalue weighted by Gasteiger charge is -2.30. The number of nitrogens with one attached hydrogen (secondary N) is 1. The average molecular weight is 636 g/mol. The summed E-state index contributed by atoms with van der Waals surface area (Å²) in [5.41, 5.74) is 0.720. The number of non-ortho nitro benzene ring substituents is 1. The van der Waals surface area contributed by atoms with Gasteiger partial charge in [0, 0.05) is 19.2 Å². The number of nitrogens with zero attached hydrogens (tertiary/aromatic N) is 4. The van der Waals surface area contributed by atoms with E-state index in [9.17, 15) is 34.6 Å². The third-order valence-corrected chi connectivity index (χ3v) is 7.67. The van der Waals surface area contributed by atoms with Gasteiger partial charge >= 0.3 is 5.69 Å². The Hall–Kier alpha value is -5.48. The van der Waals surface area contributed by atoms with Gasteiger partial charge in [0.05, 0.1) is 52.5 Å². The number of carbonyl (C=O) groups is 3. The summed E-state index contributed by atoms with van der Waals surface area (Å²) >= 11 is 0.674. The molecule has 232 valence electrons. The molecule has 2 aliphatic heterocycles. The topological polar surface area (TPSA) is 184 Å². The van der Waals surface area contributed by atoms with E-state index in [1.54, 1.807) is 12.1 Å². The predicted octanol–water partition coefficient (Wildman–Crippen LogP) is 4.82. The van der Waals surface area contributed by atoms with Gasteiger partial charge in [-0.2, -0.15) is 0 Å². The van der Waals surface area contributed by atoms with E-state index >= 15 is 0 Å². The van der Waals surface area contributed by atoms with Crippen LogP contribution in [0.25, 0.3) is 6.08 Å². The molecule has 0 spiro atoms. The van der Waals surface area contributed by atoms with Gasteiger partial charge in [-0.1, -0.05) is 18.2 Å². The quantitative estimate of drug-likeness (QED) is 0.182. The van der Waals surface area contributed by atoms with Crippen LogP contribution < -0.4 is 19.7 Å². The second-order valence-electron chi connectivity index (χ2n) is 9.61. The summed E-state index contributed by atoms with van der Waals surface area (Å²) in [6.45, 7) is 1.97. The highest BCUT2D eigenvalue weighted by Gasteiger charge is 2.36. The summed E-state index contributed by atoms with van der Waals surface area (Å²) in [6.07, 6.45) is 1.44.